The Morgan fingerprint density at radius 2 is 1.88 bits per heavy atom. The van der Waals surface area contributed by atoms with Crippen LogP contribution in [0.25, 0.3) is 0 Å². The van der Waals surface area contributed by atoms with Crippen molar-refractivity contribution < 1.29 is 29.0 Å². The Kier molecular flexibility index (Phi) is 6.07. The summed E-state index contributed by atoms with van der Waals surface area (Å²) in [5.74, 6) is -1.14. The van der Waals surface area contributed by atoms with Crippen LogP contribution in [0.4, 0.5) is 9.59 Å². The molecule has 8 nitrogen and oxygen atoms in total. The van der Waals surface area contributed by atoms with Crippen molar-refractivity contribution in [3.63, 3.8) is 0 Å². The minimum absolute atomic E-state index is 0.0479. The Balaban J connectivity index is 1.91. The van der Waals surface area contributed by atoms with Crippen molar-refractivity contribution in [2.45, 2.75) is 51.5 Å². The van der Waals surface area contributed by atoms with Gasteiger partial charge in [-0.1, -0.05) is 30.3 Å². The number of alkyl carbamates (subject to hydrolysis) is 1. The summed E-state index contributed by atoms with van der Waals surface area (Å²) in [6.45, 7) is 5.26. The first kappa shape index (κ1) is 19.6. The summed E-state index contributed by atoms with van der Waals surface area (Å²) in [5, 5.41) is 11.9. The quantitative estimate of drug-likeness (QED) is 0.850. The molecule has 0 unspecified atom stereocenters. The van der Waals surface area contributed by atoms with E-state index < -0.39 is 35.8 Å². The number of nitrogens with zero attached hydrogens (tertiary/aromatic N) is 1. The maximum atomic E-state index is 12.2. The van der Waals surface area contributed by atoms with Gasteiger partial charge in [0.15, 0.2) is 0 Å². The molecule has 1 saturated heterocycles. The van der Waals surface area contributed by atoms with E-state index in [4.69, 9.17) is 9.47 Å². The highest BCUT2D eigenvalue weighted by Crippen LogP contribution is 2.22. The lowest BCUT2D eigenvalue weighted by Crippen LogP contribution is -2.44. The van der Waals surface area contributed by atoms with Gasteiger partial charge in [-0.2, -0.15) is 0 Å². The predicted octanol–water partition coefficient (Wildman–Crippen LogP) is 2.38. The van der Waals surface area contributed by atoms with Crippen LogP contribution in [-0.4, -0.2) is 52.4 Å². The Morgan fingerprint density at radius 3 is 2.46 bits per heavy atom. The molecule has 0 saturated carbocycles. The number of aliphatic carboxylic acids is 1. The maximum absolute atomic E-state index is 12.2. The van der Waals surface area contributed by atoms with Crippen LogP contribution in [0.15, 0.2) is 30.3 Å². The fraction of sp³-hybridized carbons (Fsp3) is 0.500. The van der Waals surface area contributed by atoms with Crippen molar-refractivity contribution in [3.05, 3.63) is 35.9 Å². The fourth-order valence-corrected chi connectivity index (χ4v) is 2.63. The zero-order valence-electron chi connectivity index (χ0n) is 15.1. The Morgan fingerprint density at radius 1 is 1.23 bits per heavy atom. The average molecular weight is 364 g/mol. The van der Waals surface area contributed by atoms with E-state index in [0.29, 0.717) is 0 Å². The smallest absolute Gasteiger partial charge is 0.411 e. The molecular formula is C18H24N2O6. The van der Waals surface area contributed by atoms with Gasteiger partial charge in [0.05, 0.1) is 6.04 Å². The molecule has 1 heterocycles. The van der Waals surface area contributed by atoms with Crippen molar-refractivity contribution in [1.82, 2.24) is 10.2 Å². The second kappa shape index (κ2) is 8.07. The lowest BCUT2D eigenvalue weighted by molar-refractivity contribution is -0.142. The Labute approximate surface area is 152 Å². The van der Waals surface area contributed by atoms with Gasteiger partial charge in [0.25, 0.3) is 0 Å². The first-order valence-corrected chi connectivity index (χ1v) is 8.35. The lowest BCUT2D eigenvalue weighted by atomic mass is 10.2. The van der Waals surface area contributed by atoms with E-state index in [1.165, 1.54) is 0 Å². The minimum atomic E-state index is -1.14. The van der Waals surface area contributed by atoms with Crippen molar-refractivity contribution in [2.75, 3.05) is 6.54 Å². The van der Waals surface area contributed by atoms with Gasteiger partial charge in [0, 0.05) is 13.0 Å². The molecule has 2 atom stereocenters. The molecule has 2 amide bonds. The van der Waals surface area contributed by atoms with Gasteiger partial charge in [-0.3, -0.25) is 4.90 Å². The average Bonchev–Trinajstić information content (AvgIpc) is 2.96. The first-order valence-electron chi connectivity index (χ1n) is 8.35. The molecule has 0 aromatic heterocycles. The molecule has 2 N–H and O–H groups in total. The molecule has 8 heteroatoms. The number of amides is 2. The topological polar surface area (TPSA) is 105 Å². The molecule has 1 aromatic carbocycles. The summed E-state index contributed by atoms with van der Waals surface area (Å²) in [7, 11) is 0. The van der Waals surface area contributed by atoms with Crippen molar-refractivity contribution in [3.8, 4) is 0 Å². The lowest BCUT2D eigenvalue weighted by Gasteiger charge is -2.26. The van der Waals surface area contributed by atoms with E-state index in [1.807, 2.05) is 30.3 Å². The van der Waals surface area contributed by atoms with Crippen LogP contribution in [0.1, 0.15) is 32.8 Å². The van der Waals surface area contributed by atoms with Gasteiger partial charge < -0.3 is 19.9 Å². The standard InChI is InChI=1S/C18H24N2O6/c1-18(2,3)26-17(24)20-10-13(9-14(20)15(21)22)19-16(23)25-11-12-7-5-4-6-8-12/h4-8,13-14H,9-11H2,1-3H3,(H,19,23)(H,21,22)/t13-,14+/m0/s1. The number of carbonyl (C=O) groups excluding carboxylic acids is 2. The third-order valence-corrected chi connectivity index (χ3v) is 3.75. The van der Waals surface area contributed by atoms with Gasteiger partial charge in [-0.25, -0.2) is 14.4 Å². The first-order chi connectivity index (χ1) is 12.2. The SMILES string of the molecule is CC(C)(C)OC(=O)N1C[C@@H](NC(=O)OCc2ccccc2)C[C@@H]1C(=O)O. The van der Waals surface area contributed by atoms with Gasteiger partial charge in [-0.05, 0) is 26.3 Å². The Bertz CT molecular complexity index is 655. The number of carboxylic acids is 1. The summed E-state index contributed by atoms with van der Waals surface area (Å²) in [5.41, 5.74) is 0.105. The molecule has 0 radical (unpaired) electrons. The predicted molar refractivity (Wildman–Crippen MR) is 92.5 cm³/mol. The van der Waals surface area contributed by atoms with Crippen molar-refractivity contribution in [2.24, 2.45) is 0 Å². The molecule has 0 bridgehead atoms. The van der Waals surface area contributed by atoms with E-state index in [2.05, 4.69) is 5.32 Å². The molecule has 0 spiro atoms. The molecule has 1 aliphatic rings. The molecule has 26 heavy (non-hydrogen) atoms. The molecule has 0 aliphatic carbocycles. The fourth-order valence-electron chi connectivity index (χ4n) is 2.63. The number of benzene rings is 1. The second-order valence-corrected chi connectivity index (χ2v) is 7.13. The summed E-state index contributed by atoms with van der Waals surface area (Å²) in [4.78, 5) is 36.7. The number of carboxylic acid groups (broad SMARTS) is 1. The Hall–Kier alpha value is -2.77. The highest BCUT2D eigenvalue weighted by molar-refractivity contribution is 5.81. The van der Waals surface area contributed by atoms with Crippen LogP contribution in [0.3, 0.4) is 0 Å². The summed E-state index contributed by atoms with van der Waals surface area (Å²) >= 11 is 0. The number of ether oxygens (including phenoxy) is 2. The minimum Gasteiger partial charge on any atom is -0.480 e. The van der Waals surface area contributed by atoms with Gasteiger partial charge in [-0.15, -0.1) is 0 Å². The van der Waals surface area contributed by atoms with Gasteiger partial charge in [0.1, 0.15) is 18.2 Å². The van der Waals surface area contributed by atoms with E-state index in [0.717, 1.165) is 10.5 Å². The molecule has 142 valence electrons. The van der Waals surface area contributed by atoms with Crippen LogP contribution in [0.5, 0.6) is 0 Å². The van der Waals surface area contributed by atoms with Crippen LogP contribution in [-0.2, 0) is 20.9 Å². The number of nitrogens with one attached hydrogen (secondary N) is 1. The third kappa shape index (κ3) is 5.65. The van der Waals surface area contributed by atoms with Crippen LogP contribution < -0.4 is 5.32 Å². The molecule has 1 fully saturated rings. The molecule has 2 rings (SSSR count). The van der Waals surface area contributed by atoms with E-state index in [1.54, 1.807) is 20.8 Å². The third-order valence-electron chi connectivity index (χ3n) is 3.75. The van der Waals surface area contributed by atoms with E-state index >= 15 is 0 Å². The largest absolute Gasteiger partial charge is 0.480 e. The molecule has 1 aromatic rings. The normalized spacial score (nSPS) is 19.7. The number of hydrogen-bond acceptors (Lipinski definition) is 5. The van der Waals surface area contributed by atoms with Crippen molar-refractivity contribution >= 4 is 18.2 Å². The number of likely N-dealkylation sites (tertiary alicyclic amines) is 1. The monoisotopic (exact) mass is 364 g/mol. The zero-order valence-corrected chi connectivity index (χ0v) is 15.1. The highest BCUT2D eigenvalue weighted by atomic mass is 16.6. The van der Waals surface area contributed by atoms with E-state index in [9.17, 15) is 19.5 Å². The summed E-state index contributed by atoms with van der Waals surface area (Å²) in [6.07, 6.45) is -1.28. The number of hydrogen-bond donors (Lipinski definition) is 2. The molecule has 1 aliphatic heterocycles. The maximum Gasteiger partial charge on any atom is 0.411 e. The summed E-state index contributed by atoms with van der Waals surface area (Å²) < 4.78 is 10.4. The van der Waals surface area contributed by atoms with Crippen LogP contribution in [0, 0.1) is 0 Å². The second-order valence-electron chi connectivity index (χ2n) is 7.13. The summed E-state index contributed by atoms with van der Waals surface area (Å²) in [6, 6.07) is 7.62. The van der Waals surface area contributed by atoms with E-state index in [-0.39, 0.29) is 19.6 Å². The van der Waals surface area contributed by atoms with Crippen molar-refractivity contribution in [1.29, 1.82) is 0 Å². The number of rotatable bonds is 4. The highest BCUT2D eigenvalue weighted by Gasteiger charge is 2.42. The van der Waals surface area contributed by atoms with Gasteiger partial charge >= 0.3 is 18.2 Å². The number of carbonyl (C=O) groups is 3. The molecular weight excluding hydrogens is 340 g/mol. The van der Waals surface area contributed by atoms with Gasteiger partial charge in [0.2, 0.25) is 0 Å². The van der Waals surface area contributed by atoms with Crippen LogP contribution >= 0.6 is 0 Å². The van der Waals surface area contributed by atoms with Crippen LogP contribution in [0.2, 0.25) is 0 Å². The zero-order chi connectivity index (χ0) is 19.3.